The van der Waals surface area contributed by atoms with Gasteiger partial charge in [-0.3, -0.25) is 4.79 Å². The number of hydrogen-bond acceptors (Lipinski definition) is 4. The third kappa shape index (κ3) is 5.18. The number of pyridine rings is 1. The minimum Gasteiger partial charge on any atom is -0.512 e. The predicted octanol–water partition coefficient (Wildman–Crippen LogP) is 8.86. The van der Waals surface area contributed by atoms with E-state index in [2.05, 4.69) is 77.1 Å². The van der Waals surface area contributed by atoms with E-state index >= 15 is 0 Å². The molecule has 0 amide bonds. The largest absolute Gasteiger partial charge is 0.512 e. The molecular weight excluding hydrogens is 663 g/mol. The number of benzene rings is 3. The molecule has 1 N–H and O–H groups in total. The first kappa shape index (κ1) is 28.7. The molecule has 6 rings (SSSR count). The van der Waals surface area contributed by atoms with E-state index in [9.17, 15) is 4.79 Å². The SMILES string of the molecule is CC(=O)/C=C(/C)O.CC(C)(C)Cc1ccc2c3c1oc1cc[c-]c(c13)-c1ncc3ccccc3c1C2(C)C.[Ir]. The van der Waals surface area contributed by atoms with Crippen molar-refractivity contribution in [1.29, 1.82) is 0 Å². The first-order valence-corrected chi connectivity index (χ1v) is 13.0. The van der Waals surface area contributed by atoms with Gasteiger partial charge in [-0.1, -0.05) is 82.5 Å². The Kier molecular flexibility index (Phi) is 7.64. The average Bonchev–Trinajstić information content (AvgIpc) is 3.18. The van der Waals surface area contributed by atoms with E-state index in [0.717, 1.165) is 34.2 Å². The fourth-order valence-electron chi connectivity index (χ4n) is 5.75. The molecule has 4 nitrogen and oxygen atoms in total. The molecule has 1 aliphatic carbocycles. The third-order valence-electron chi connectivity index (χ3n) is 7.13. The van der Waals surface area contributed by atoms with E-state index in [1.165, 1.54) is 52.8 Å². The Balaban J connectivity index is 0.000000394. The molecule has 0 fully saturated rings. The molecule has 39 heavy (non-hydrogen) atoms. The Labute approximate surface area is 243 Å². The van der Waals surface area contributed by atoms with Gasteiger partial charge in [-0.05, 0) is 64.2 Å². The van der Waals surface area contributed by atoms with E-state index in [0.29, 0.717) is 0 Å². The summed E-state index contributed by atoms with van der Waals surface area (Å²) in [6.45, 7) is 14.3. The summed E-state index contributed by atoms with van der Waals surface area (Å²) in [6.07, 6.45) is 4.13. The van der Waals surface area contributed by atoms with Crippen LogP contribution in [0.15, 0.2) is 71.0 Å². The Morgan fingerprint density at radius 3 is 2.44 bits per heavy atom. The van der Waals surface area contributed by atoms with Crippen LogP contribution in [0.4, 0.5) is 0 Å². The van der Waals surface area contributed by atoms with Crippen molar-refractivity contribution in [3.05, 3.63) is 89.3 Å². The van der Waals surface area contributed by atoms with E-state index in [4.69, 9.17) is 14.5 Å². The maximum Gasteiger partial charge on any atom is 0.155 e. The number of ketones is 1. The fourth-order valence-corrected chi connectivity index (χ4v) is 5.75. The molecular formula is C34H34IrNO3-. The van der Waals surface area contributed by atoms with Crippen LogP contribution in [-0.4, -0.2) is 15.9 Å². The van der Waals surface area contributed by atoms with Gasteiger partial charge in [-0.15, -0.1) is 17.7 Å². The van der Waals surface area contributed by atoms with Crippen molar-refractivity contribution in [2.75, 3.05) is 0 Å². The Morgan fingerprint density at radius 1 is 1.08 bits per heavy atom. The normalized spacial score (nSPS) is 14.0. The number of nitrogens with zero attached hydrogens (tertiary/aromatic N) is 1. The van der Waals surface area contributed by atoms with Crippen molar-refractivity contribution in [2.45, 2.75) is 60.3 Å². The van der Waals surface area contributed by atoms with E-state index in [1.54, 1.807) is 0 Å². The monoisotopic (exact) mass is 697 g/mol. The molecule has 0 unspecified atom stereocenters. The van der Waals surface area contributed by atoms with Gasteiger partial charge >= 0.3 is 0 Å². The second kappa shape index (κ2) is 10.4. The van der Waals surface area contributed by atoms with Crippen molar-refractivity contribution in [3.63, 3.8) is 0 Å². The molecule has 0 bridgehead atoms. The molecule has 1 radical (unpaired) electrons. The Hall–Kier alpha value is -3.27. The summed E-state index contributed by atoms with van der Waals surface area (Å²) in [6, 6.07) is 20.7. The Bertz CT molecular complexity index is 1750. The van der Waals surface area contributed by atoms with Gasteiger partial charge in [0.2, 0.25) is 0 Å². The molecule has 0 saturated carbocycles. The number of aliphatic hydroxyl groups excluding tert-OH is 1. The summed E-state index contributed by atoms with van der Waals surface area (Å²) in [5.41, 5.74) is 7.81. The zero-order chi connectivity index (χ0) is 27.4. The summed E-state index contributed by atoms with van der Waals surface area (Å²) in [5, 5.41) is 13.2. The topological polar surface area (TPSA) is 63.3 Å². The first-order valence-electron chi connectivity index (χ1n) is 13.0. The standard InChI is InChI=1S/C29H26NO.C5H8O2.Ir/c1-28(2,3)15-17-13-14-21-24-23-20(11-8-12-22(23)31-27(17)24)26-25(29(21,4)5)19-10-7-6-9-18(19)16-30-26;1-4(6)3-5(2)7;/h6-10,12-14,16H,15H2,1-5H3;3,6H,1-2H3;/q-1;;/b;4-3-;. The minimum absolute atomic E-state index is 0. The summed E-state index contributed by atoms with van der Waals surface area (Å²) < 4.78 is 6.53. The van der Waals surface area contributed by atoms with Crippen molar-refractivity contribution < 1.29 is 34.4 Å². The summed E-state index contributed by atoms with van der Waals surface area (Å²) in [5.74, 6) is -0.0625. The zero-order valence-corrected chi connectivity index (χ0v) is 25.9. The molecule has 0 atom stereocenters. The second-order valence-electron chi connectivity index (χ2n) is 12.0. The van der Waals surface area contributed by atoms with Gasteiger partial charge in [0.15, 0.2) is 5.78 Å². The number of hydrogen-bond donors (Lipinski definition) is 1. The van der Waals surface area contributed by atoms with E-state index in [1.807, 2.05) is 18.3 Å². The maximum absolute atomic E-state index is 10.0. The van der Waals surface area contributed by atoms with Gasteiger partial charge in [0.05, 0.1) is 11.3 Å². The molecule has 0 spiro atoms. The summed E-state index contributed by atoms with van der Waals surface area (Å²) in [4.78, 5) is 15.0. The number of carbonyl (C=O) groups is 1. The molecule has 2 aromatic heterocycles. The maximum atomic E-state index is 10.0. The van der Waals surface area contributed by atoms with Crippen LogP contribution in [0, 0.1) is 11.5 Å². The number of aliphatic hydroxyl groups is 1. The molecule has 0 aliphatic heterocycles. The van der Waals surface area contributed by atoms with E-state index < -0.39 is 0 Å². The van der Waals surface area contributed by atoms with Crippen molar-refractivity contribution >= 4 is 38.5 Å². The summed E-state index contributed by atoms with van der Waals surface area (Å²) >= 11 is 0. The minimum atomic E-state index is -0.231. The van der Waals surface area contributed by atoms with Gasteiger partial charge in [0.25, 0.3) is 0 Å². The number of aromatic nitrogens is 1. The van der Waals surface area contributed by atoms with Crippen molar-refractivity contribution in [3.8, 4) is 11.3 Å². The third-order valence-corrected chi connectivity index (χ3v) is 7.13. The molecule has 5 heteroatoms. The number of fused-ring (bicyclic) bond motifs is 4. The number of rotatable bonds is 2. The van der Waals surface area contributed by atoms with Crippen LogP contribution in [-0.2, 0) is 36.7 Å². The van der Waals surface area contributed by atoms with Crippen LogP contribution in [0.25, 0.3) is 44.0 Å². The molecule has 0 saturated heterocycles. The zero-order valence-electron chi connectivity index (χ0n) is 23.5. The van der Waals surface area contributed by atoms with Crippen LogP contribution >= 0.6 is 0 Å². The van der Waals surface area contributed by atoms with Gasteiger partial charge < -0.3 is 14.5 Å². The van der Waals surface area contributed by atoms with Crippen molar-refractivity contribution in [1.82, 2.24) is 4.98 Å². The van der Waals surface area contributed by atoms with Crippen LogP contribution in [0.1, 0.15) is 65.2 Å². The van der Waals surface area contributed by atoms with E-state index in [-0.39, 0.29) is 42.5 Å². The van der Waals surface area contributed by atoms with Crippen LogP contribution in [0.3, 0.4) is 0 Å². The van der Waals surface area contributed by atoms with Crippen LogP contribution < -0.4 is 0 Å². The molecule has 1 aliphatic rings. The predicted molar refractivity (Wildman–Crippen MR) is 156 cm³/mol. The molecule has 2 heterocycles. The number of allylic oxidation sites excluding steroid dienone is 2. The fraction of sp³-hybridized carbons (Fsp3) is 0.294. The van der Waals surface area contributed by atoms with Crippen molar-refractivity contribution in [2.24, 2.45) is 5.41 Å². The van der Waals surface area contributed by atoms with Gasteiger partial charge in [-0.2, -0.15) is 0 Å². The molecule has 203 valence electrons. The second-order valence-corrected chi connectivity index (χ2v) is 12.0. The smallest absolute Gasteiger partial charge is 0.155 e. The van der Waals surface area contributed by atoms with Crippen LogP contribution in [0.5, 0.6) is 0 Å². The van der Waals surface area contributed by atoms with Gasteiger partial charge in [-0.25, -0.2) is 0 Å². The quantitative estimate of drug-likeness (QED) is 0.114. The van der Waals surface area contributed by atoms with Gasteiger partial charge in [0.1, 0.15) is 5.58 Å². The Morgan fingerprint density at radius 2 is 1.79 bits per heavy atom. The number of furan rings is 1. The average molecular weight is 697 g/mol. The summed E-state index contributed by atoms with van der Waals surface area (Å²) in [7, 11) is 0. The first-order chi connectivity index (χ1) is 17.9. The van der Waals surface area contributed by atoms with Crippen LogP contribution in [0.2, 0.25) is 0 Å². The number of carbonyl (C=O) groups excluding carboxylic acids is 1. The molecule has 5 aromatic rings. The van der Waals surface area contributed by atoms with Gasteiger partial charge in [0, 0.05) is 37.8 Å². The molecule has 3 aromatic carbocycles.